The molecule has 0 atom stereocenters. The van der Waals surface area contributed by atoms with Crippen LogP contribution < -0.4 is 9.54 Å². The molecule has 0 aliphatic carbocycles. The highest BCUT2D eigenvalue weighted by atomic mass is 32.1. The molecule has 0 aliphatic heterocycles. The fourth-order valence-electron chi connectivity index (χ4n) is 2.72. The van der Waals surface area contributed by atoms with Gasteiger partial charge in [0, 0.05) is 5.56 Å². The van der Waals surface area contributed by atoms with Crippen molar-refractivity contribution in [3.8, 4) is 11.8 Å². The molecule has 0 unspecified atom stereocenters. The van der Waals surface area contributed by atoms with E-state index in [4.69, 9.17) is 14.7 Å². The number of nitrogens with zero attached hydrogens (tertiary/aromatic N) is 3. The van der Waals surface area contributed by atoms with E-state index in [1.165, 1.54) is 11.3 Å². The van der Waals surface area contributed by atoms with E-state index in [9.17, 15) is 9.59 Å². The molecule has 1 heterocycles. The van der Waals surface area contributed by atoms with E-state index in [1.807, 2.05) is 31.2 Å². The van der Waals surface area contributed by atoms with Gasteiger partial charge in [-0.25, -0.2) is 0 Å². The van der Waals surface area contributed by atoms with Crippen LogP contribution in [-0.4, -0.2) is 29.7 Å². The van der Waals surface area contributed by atoms with Crippen molar-refractivity contribution in [1.29, 1.82) is 5.26 Å². The summed E-state index contributed by atoms with van der Waals surface area (Å²) in [6.07, 6.45) is 0. The van der Waals surface area contributed by atoms with E-state index >= 15 is 0 Å². The predicted octanol–water partition coefficient (Wildman–Crippen LogP) is 3.28. The van der Waals surface area contributed by atoms with Crippen molar-refractivity contribution in [3.05, 3.63) is 58.4 Å². The molecule has 0 radical (unpaired) electrons. The Morgan fingerprint density at radius 1 is 1.14 bits per heavy atom. The molecular weight excluding hydrogens is 390 g/mol. The van der Waals surface area contributed by atoms with E-state index < -0.39 is 11.9 Å². The van der Waals surface area contributed by atoms with E-state index in [0.717, 1.165) is 10.2 Å². The highest BCUT2D eigenvalue weighted by Crippen LogP contribution is 2.23. The summed E-state index contributed by atoms with van der Waals surface area (Å²) in [6, 6.07) is 13.8. The summed E-state index contributed by atoms with van der Waals surface area (Å²) < 4.78 is 13.1. The zero-order valence-corrected chi connectivity index (χ0v) is 16.9. The molecule has 3 aromatic rings. The Morgan fingerprint density at radius 3 is 2.55 bits per heavy atom. The first kappa shape index (κ1) is 20.3. The molecule has 0 N–H and O–H groups in total. The Labute approximate surface area is 171 Å². The summed E-state index contributed by atoms with van der Waals surface area (Å²) in [7, 11) is 0. The summed E-state index contributed by atoms with van der Waals surface area (Å²) in [5.41, 5.74) is 1.58. The normalized spacial score (nSPS) is 11.3. The summed E-state index contributed by atoms with van der Waals surface area (Å²) in [5.74, 6) is -0.161. The van der Waals surface area contributed by atoms with Gasteiger partial charge in [0.05, 0.1) is 35.1 Å². The van der Waals surface area contributed by atoms with Gasteiger partial charge in [-0.05, 0) is 56.3 Å². The monoisotopic (exact) mass is 409 g/mol. The van der Waals surface area contributed by atoms with Gasteiger partial charge in [-0.15, -0.1) is 0 Å². The second kappa shape index (κ2) is 9.17. The Hall–Kier alpha value is -3.44. The summed E-state index contributed by atoms with van der Waals surface area (Å²) in [4.78, 5) is 29.3. The number of amides is 1. The molecule has 0 fully saturated rings. The summed E-state index contributed by atoms with van der Waals surface area (Å²) in [6.45, 7) is 4.39. The third-order valence-corrected chi connectivity index (χ3v) is 5.06. The largest absolute Gasteiger partial charge is 0.494 e. The summed E-state index contributed by atoms with van der Waals surface area (Å²) in [5, 5.41) is 8.89. The van der Waals surface area contributed by atoms with Gasteiger partial charge in [-0.2, -0.15) is 10.3 Å². The van der Waals surface area contributed by atoms with Gasteiger partial charge in [0.15, 0.2) is 4.80 Å². The van der Waals surface area contributed by atoms with Crippen LogP contribution in [0.15, 0.2) is 47.5 Å². The molecule has 1 aromatic heterocycles. The minimum atomic E-state index is -0.455. The first-order valence-corrected chi connectivity index (χ1v) is 9.88. The lowest BCUT2D eigenvalue weighted by Gasteiger charge is -2.06. The van der Waals surface area contributed by atoms with Gasteiger partial charge in [-0.1, -0.05) is 11.3 Å². The first-order chi connectivity index (χ1) is 14.0. The Balaban J connectivity index is 2.07. The van der Waals surface area contributed by atoms with Crippen molar-refractivity contribution in [2.45, 2.75) is 20.4 Å². The number of ether oxygens (including phenoxy) is 2. The number of hydrogen-bond acceptors (Lipinski definition) is 6. The Kier molecular flexibility index (Phi) is 6.42. The van der Waals surface area contributed by atoms with Gasteiger partial charge >= 0.3 is 5.97 Å². The van der Waals surface area contributed by atoms with Crippen molar-refractivity contribution in [1.82, 2.24) is 4.57 Å². The maximum absolute atomic E-state index is 12.6. The summed E-state index contributed by atoms with van der Waals surface area (Å²) >= 11 is 1.29. The number of fused-ring (bicyclic) bond motifs is 1. The van der Waals surface area contributed by atoms with Crippen LogP contribution in [0.5, 0.6) is 5.75 Å². The van der Waals surface area contributed by atoms with Crippen molar-refractivity contribution in [2.75, 3.05) is 13.2 Å². The fourth-order valence-corrected chi connectivity index (χ4v) is 3.78. The van der Waals surface area contributed by atoms with Crippen molar-refractivity contribution < 1.29 is 19.1 Å². The average Bonchev–Trinajstić information content (AvgIpc) is 3.04. The number of nitriles is 1. The maximum atomic E-state index is 12.6. The van der Waals surface area contributed by atoms with Crippen molar-refractivity contribution >= 4 is 33.4 Å². The zero-order valence-electron chi connectivity index (χ0n) is 16.0. The van der Waals surface area contributed by atoms with Crippen molar-refractivity contribution in [2.24, 2.45) is 4.99 Å². The number of carbonyl (C=O) groups is 2. The predicted molar refractivity (Wildman–Crippen MR) is 109 cm³/mol. The molecule has 0 bridgehead atoms. The number of thiazole rings is 1. The van der Waals surface area contributed by atoms with E-state index in [-0.39, 0.29) is 13.2 Å². The first-order valence-electron chi connectivity index (χ1n) is 9.06. The number of esters is 1. The van der Waals surface area contributed by atoms with E-state index in [2.05, 4.69) is 4.99 Å². The molecule has 29 heavy (non-hydrogen) atoms. The molecule has 0 saturated carbocycles. The zero-order chi connectivity index (χ0) is 20.8. The van der Waals surface area contributed by atoms with E-state index in [1.54, 1.807) is 35.8 Å². The van der Waals surface area contributed by atoms with Crippen LogP contribution in [0.4, 0.5) is 0 Å². The minimum absolute atomic E-state index is 0.0543. The molecule has 0 aliphatic rings. The molecular formula is C21H19N3O4S. The van der Waals surface area contributed by atoms with Gasteiger partial charge < -0.3 is 14.0 Å². The van der Waals surface area contributed by atoms with Crippen LogP contribution >= 0.6 is 11.3 Å². The number of carbonyl (C=O) groups excluding carboxylic acids is 2. The third-order valence-electron chi connectivity index (χ3n) is 4.02. The van der Waals surface area contributed by atoms with Crippen LogP contribution in [-0.2, 0) is 16.1 Å². The lowest BCUT2D eigenvalue weighted by atomic mass is 10.1. The number of aromatic nitrogens is 1. The minimum Gasteiger partial charge on any atom is -0.494 e. The molecule has 1 amide bonds. The van der Waals surface area contributed by atoms with Crippen LogP contribution in [0.3, 0.4) is 0 Å². The van der Waals surface area contributed by atoms with Crippen molar-refractivity contribution in [3.63, 3.8) is 0 Å². The number of benzene rings is 2. The molecule has 2 aromatic carbocycles. The van der Waals surface area contributed by atoms with E-state index in [0.29, 0.717) is 28.3 Å². The molecule has 8 heteroatoms. The highest BCUT2D eigenvalue weighted by Gasteiger charge is 2.14. The molecule has 7 nitrogen and oxygen atoms in total. The second-order valence-corrected chi connectivity index (χ2v) is 6.95. The van der Waals surface area contributed by atoms with Crippen LogP contribution in [0.2, 0.25) is 0 Å². The van der Waals surface area contributed by atoms with Gasteiger partial charge in [0.2, 0.25) is 0 Å². The molecule has 0 saturated heterocycles. The fraction of sp³-hybridized carbons (Fsp3) is 0.238. The van der Waals surface area contributed by atoms with Gasteiger partial charge in [0.25, 0.3) is 5.91 Å². The molecule has 3 rings (SSSR count). The number of rotatable bonds is 6. The third kappa shape index (κ3) is 4.70. The standard InChI is InChI=1S/C21H19N3O4S/c1-3-27-16-9-10-17-18(11-16)29-21(24(17)13-19(25)28-4-2)23-20(26)15-7-5-14(12-22)6-8-15/h5-11H,3-4,13H2,1-2H3. The SMILES string of the molecule is CCOC(=O)Cn1c(=NC(=O)c2ccc(C#N)cc2)sc2cc(OCC)ccc21. The topological polar surface area (TPSA) is 93.7 Å². The smallest absolute Gasteiger partial charge is 0.326 e. The van der Waals surface area contributed by atoms with Gasteiger partial charge in [0.1, 0.15) is 12.3 Å². The Bertz CT molecular complexity index is 1150. The van der Waals surface area contributed by atoms with Crippen LogP contribution in [0.25, 0.3) is 10.2 Å². The quantitative estimate of drug-likeness (QED) is 0.583. The molecule has 0 spiro atoms. The maximum Gasteiger partial charge on any atom is 0.326 e. The average molecular weight is 409 g/mol. The molecule has 148 valence electrons. The van der Waals surface area contributed by atoms with Crippen LogP contribution in [0, 0.1) is 11.3 Å². The highest BCUT2D eigenvalue weighted by molar-refractivity contribution is 7.16. The lowest BCUT2D eigenvalue weighted by molar-refractivity contribution is -0.143. The second-order valence-electron chi connectivity index (χ2n) is 5.94. The van der Waals surface area contributed by atoms with Gasteiger partial charge in [-0.3, -0.25) is 9.59 Å². The lowest BCUT2D eigenvalue weighted by Crippen LogP contribution is -2.23. The number of hydrogen-bond donors (Lipinski definition) is 0. The Morgan fingerprint density at radius 2 is 1.90 bits per heavy atom. The van der Waals surface area contributed by atoms with Crippen LogP contribution in [0.1, 0.15) is 29.8 Å².